The van der Waals surface area contributed by atoms with E-state index in [0.29, 0.717) is 22.9 Å². The first kappa shape index (κ1) is 11.0. The molecule has 1 N–H and O–H groups in total. The molecule has 0 amide bonds. The van der Waals surface area contributed by atoms with Crippen LogP contribution < -0.4 is 5.32 Å². The lowest BCUT2D eigenvalue weighted by Crippen LogP contribution is -2.40. The molecule has 2 unspecified atom stereocenters. The first-order chi connectivity index (χ1) is 5.84. The molecule has 13 heavy (non-hydrogen) atoms. The highest BCUT2D eigenvalue weighted by molar-refractivity contribution is 5.06. The summed E-state index contributed by atoms with van der Waals surface area (Å²) >= 11 is 0. The summed E-state index contributed by atoms with van der Waals surface area (Å²) in [5.74, 6) is 0. The molecular weight excluding hydrogens is 162 g/mol. The van der Waals surface area contributed by atoms with E-state index in [1.165, 1.54) is 0 Å². The van der Waals surface area contributed by atoms with Crippen molar-refractivity contribution in [1.82, 2.24) is 5.32 Å². The number of rotatable bonds is 2. The van der Waals surface area contributed by atoms with Crippen molar-refractivity contribution >= 4 is 0 Å². The lowest BCUT2D eigenvalue weighted by atomic mass is 9.65. The Morgan fingerprint density at radius 3 is 2.00 bits per heavy atom. The maximum Gasteiger partial charge on any atom is 0.0621 e. The average molecular weight is 185 g/mol. The Labute approximate surface area is 82.0 Å². The third-order valence-corrected chi connectivity index (χ3v) is 4.40. The molecule has 78 valence electrons. The summed E-state index contributed by atoms with van der Waals surface area (Å²) in [6.07, 6.45) is 0. The number of hydrogen-bond acceptors (Lipinski definition) is 2. The molecule has 1 aliphatic heterocycles. The van der Waals surface area contributed by atoms with E-state index in [1.807, 2.05) is 0 Å². The van der Waals surface area contributed by atoms with Crippen LogP contribution >= 0.6 is 0 Å². The van der Waals surface area contributed by atoms with Crippen LogP contribution in [0.15, 0.2) is 0 Å². The van der Waals surface area contributed by atoms with Crippen LogP contribution in [0.5, 0.6) is 0 Å². The molecule has 2 heteroatoms. The van der Waals surface area contributed by atoms with Crippen molar-refractivity contribution < 1.29 is 4.74 Å². The van der Waals surface area contributed by atoms with Gasteiger partial charge in [-0.15, -0.1) is 0 Å². The number of ether oxygens (including phenoxy) is 1. The smallest absolute Gasteiger partial charge is 0.0621 e. The van der Waals surface area contributed by atoms with Crippen LogP contribution in [0.2, 0.25) is 0 Å². The second-order valence-corrected chi connectivity index (χ2v) is 5.34. The molecule has 1 aliphatic rings. The van der Waals surface area contributed by atoms with Crippen molar-refractivity contribution in [1.29, 1.82) is 0 Å². The Kier molecular flexibility index (Phi) is 2.75. The Balaban J connectivity index is 2.84. The van der Waals surface area contributed by atoms with Crippen LogP contribution in [0.4, 0.5) is 0 Å². The van der Waals surface area contributed by atoms with Gasteiger partial charge in [-0.25, -0.2) is 0 Å². The van der Waals surface area contributed by atoms with Crippen molar-refractivity contribution in [2.45, 2.75) is 46.7 Å². The first-order valence-electron chi connectivity index (χ1n) is 5.09. The van der Waals surface area contributed by atoms with Crippen LogP contribution in [0.3, 0.4) is 0 Å². The Hall–Kier alpha value is -0.0800. The zero-order valence-electron chi connectivity index (χ0n) is 9.77. The molecule has 0 aromatic rings. The van der Waals surface area contributed by atoms with Gasteiger partial charge in [-0.2, -0.15) is 0 Å². The normalized spacial score (nSPS) is 36.5. The largest absolute Gasteiger partial charge is 0.383 e. The highest BCUT2D eigenvalue weighted by Gasteiger charge is 2.52. The van der Waals surface area contributed by atoms with Gasteiger partial charge in [0.1, 0.15) is 0 Å². The van der Waals surface area contributed by atoms with Crippen molar-refractivity contribution in [2.75, 3.05) is 13.7 Å². The molecule has 2 atom stereocenters. The summed E-state index contributed by atoms with van der Waals surface area (Å²) in [6.45, 7) is 12.4. The highest BCUT2D eigenvalue weighted by Crippen LogP contribution is 2.48. The maximum atomic E-state index is 5.24. The fourth-order valence-corrected chi connectivity index (χ4v) is 2.15. The third-order valence-electron chi connectivity index (χ3n) is 4.40. The average Bonchev–Trinajstić information content (AvgIpc) is 2.14. The second kappa shape index (κ2) is 3.25. The minimum atomic E-state index is 0.294. The number of methoxy groups -OCH3 is 1. The van der Waals surface area contributed by atoms with E-state index in [4.69, 9.17) is 4.74 Å². The van der Waals surface area contributed by atoms with E-state index < -0.39 is 0 Å². The topological polar surface area (TPSA) is 21.3 Å². The van der Waals surface area contributed by atoms with Gasteiger partial charge in [-0.05, 0) is 17.8 Å². The fourth-order valence-electron chi connectivity index (χ4n) is 2.15. The maximum absolute atomic E-state index is 5.24. The number of hydrogen-bond donors (Lipinski definition) is 1. The fraction of sp³-hybridized carbons (Fsp3) is 1.00. The zero-order valence-corrected chi connectivity index (χ0v) is 9.77. The highest BCUT2D eigenvalue weighted by atomic mass is 16.5. The molecule has 0 bridgehead atoms. The van der Waals surface area contributed by atoms with E-state index in [9.17, 15) is 0 Å². The lowest BCUT2D eigenvalue weighted by Gasteiger charge is -2.39. The zero-order chi connectivity index (χ0) is 10.3. The van der Waals surface area contributed by atoms with Gasteiger partial charge in [-0.3, -0.25) is 0 Å². The second-order valence-electron chi connectivity index (χ2n) is 5.34. The van der Waals surface area contributed by atoms with E-state index in [0.717, 1.165) is 6.61 Å². The quantitative estimate of drug-likeness (QED) is 0.711. The van der Waals surface area contributed by atoms with Crippen LogP contribution in [0, 0.1) is 10.8 Å². The molecule has 1 fully saturated rings. The van der Waals surface area contributed by atoms with Gasteiger partial charge in [0.2, 0.25) is 0 Å². The van der Waals surface area contributed by atoms with Gasteiger partial charge in [0.15, 0.2) is 0 Å². The molecule has 1 heterocycles. The molecule has 2 nitrogen and oxygen atoms in total. The molecule has 0 aromatic heterocycles. The summed E-state index contributed by atoms with van der Waals surface area (Å²) in [6, 6.07) is 1.03. The van der Waals surface area contributed by atoms with E-state index in [2.05, 4.69) is 39.9 Å². The molecular formula is C11H23NO. The van der Waals surface area contributed by atoms with Crippen LogP contribution in [-0.4, -0.2) is 25.8 Å². The standard InChI is InChI=1S/C11H23NO/c1-8-10(2,3)11(4,5)9(12-8)7-13-6/h8-9,12H,7H2,1-6H3. The monoisotopic (exact) mass is 185 g/mol. The Bertz CT molecular complexity index is 187. The Morgan fingerprint density at radius 2 is 1.69 bits per heavy atom. The van der Waals surface area contributed by atoms with Gasteiger partial charge >= 0.3 is 0 Å². The summed E-state index contributed by atoms with van der Waals surface area (Å²) in [4.78, 5) is 0. The van der Waals surface area contributed by atoms with E-state index in [1.54, 1.807) is 7.11 Å². The third kappa shape index (κ3) is 1.50. The summed E-state index contributed by atoms with van der Waals surface area (Å²) in [5, 5.41) is 3.61. The minimum absolute atomic E-state index is 0.294. The summed E-state index contributed by atoms with van der Waals surface area (Å²) < 4.78 is 5.24. The molecule has 0 radical (unpaired) electrons. The van der Waals surface area contributed by atoms with Crippen LogP contribution in [0.1, 0.15) is 34.6 Å². The minimum Gasteiger partial charge on any atom is -0.383 e. The lowest BCUT2D eigenvalue weighted by molar-refractivity contribution is 0.0799. The SMILES string of the molecule is COCC1NC(C)C(C)(C)C1(C)C. The van der Waals surface area contributed by atoms with Gasteiger partial charge in [0.25, 0.3) is 0 Å². The Morgan fingerprint density at radius 1 is 1.15 bits per heavy atom. The molecule has 0 aromatic carbocycles. The van der Waals surface area contributed by atoms with Crippen LogP contribution in [-0.2, 0) is 4.74 Å². The van der Waals surface area contributed by atoms with Crippen molar-refractivity contribution in [2.24, 2.45) is 10.8 Å². The van der Waals surface area contributed by atoms with Crippen molar-refractivity contribution in [3.63, 3.8) is 0 Å². The van der Waals surface area contributed by atoms with Gasteiger partial charge in [0, 0.05) is 19.2 Å². The predicted octanol–water partition coefficient (Wildman–Crippen LogP) is 2.05. The van der Waals surface area contributed by atoms with Crippen molar-refractivity contribution in [3.05, 3.63) is 0 Å². The predicted molar refractivity (Wildman–Crippen MR) is 55.8 cm³/mol. The molecule has 0 saturated carbocycles. The summed E-state index contributed by atoms with van der Waals surface area (Å²) in [7, 11) is 1.77. The van der Waals surface area contributed by atoms with E-state index in [-0.39, 0.29) is 0 Å². The van der Waals surface area contributed by atoms with Gasteiger partial charge < -0.3 is 10.1 Å². The van der Waals surface area contributed by atoms with Crippen molar-refractivity contribution in [3.8, 4) is 0 Å². The summed E-state index contributed by atoms with van der Waals surface area (Å²) in [5.41, 5.74) is 0.624. The molecule has 1 saturated heterocycles. The number of nitrogens with one attached hydrogen (secondary N) is 1. The first-order valence-corrected chi connectivity index (χ1v) is 5.09. The van der Waals surface area contributed by atoms with Crippen LogP contribution in [0.25, 0.3) is 0 Å². The molecule has 0 spiro atoms. The van der Waals surface area contributed by atoms with E-state index >= 15 is 0 Å². The van der Waals surface area contributed by atoms with Gasteiger partial charge in [-0.1, -0.05) is 27.7 Å². The van der Waals surface area contributed by atoms with Gasteiger partial charge in [0.05, 0.1) is 6.61 Å². The molecule has 0 aliphatic carbocycles. The molecule has 1 rings (SSSR count).